The molecule has 1 aromatic rings. The minimum absolute atomic E-state index is 0.107. The van der Waals surface area contributed by atoms with Gasteiger partial charge in [0.25, 0.3) is 10.0 Å². The highest BCUT2D eigenvalue weighted by Crippen LogP contribution is 2.29. The van der Waals surface area contributed by atoms with Crippen LogP contribution in [0.3, 0.4) is 0 Å². The quantitative estimate of drug-likeness (QED) is 0.790. The maximum atomic E-state index is 13.0. The molecule has 0 bridgehead atoms. The first kappa shape index (κ1) is 18.1. The van der Waals surface area contributed by atoms with E-state index in [2.05, 4.69) is 4.98 Å². The van der Waals surface area contributed by atoms with Crippen molar-refractivity contribution in [3.8, 4) is 0 Å². The lowest BCUT2D eigenvalue weighted by Crippen LogP contribution is -2.55. The molecule has 0 fully saturated rings. The molecule has 0 atom stereocenters. The molecule has 1 heterocycles. The summed E-state index contributed by atoms with van der Waals surface area (Å²) in [5.74, 6) is 0.677. The second-order valence-electron chi connectivity index (χ2n) is 5.45. The smallest absolute Gasteiger partial charge is 0.262 e. The van der Waals surface area contributed by atoms with Gasteiger partial charge in [0.15, 0.2) is 5.03 Å². The summed E-state index contributed by atoms with van der Waals surface area (Å²) in [6.07, 6.45) is 3.68. The Hall–Kier alpha value is -0.920. The number of aromatic nitrogens is 2. The van der Waals surface area contributed by atoms with Crippen LogP contribution in [-0.4, -0.2) is 40.9 Å². The molecule has 0 aliphatic rings. The van der Waals surface area contributed by atoms with Crippen LogP contribution in [0.1, 0.15) is 45.9 Å². The average molecular weight is 316 g/mol. The first-order chi connectivity index (χ1) is 9.78. The summed E-state index contributed by atoms with van der Waals surface area (Å²) in [5, 5.41) is 0.107. The normalized spacial score (nSPS) is 13.1. The predicted molar refractivity (Wildman–Crippen MR) is 84.5 cm³/mol. The van der Waals surface area contributed by atoms with E-state index < -0.39 is 15.6 Å². The molecule has 1 rings (SSSR count). The summed E-state index contributed by atoms with van der Waals surface area (Å²) < 4.78 is 29.3. The summed E-state index contributed by atoms with van der Waals surface area (Å²) in [6, 6.07) is 0. The van der Waals surface area contributed by atoms with Gasteiger partial charge in [-0.05, 0) is 26.2 Å². The lowest BCUT2D eigenvalue weighted by molar-refractivity contribution is 0.177. The van der Waals surface area contributed by atoms with E-state index in [1.165, 1.54) is 0 Å². The molecule has 21 heavy (non-hydrogen) atoms. The summed E-state index contributed by atoms with van der Waals surface area (Å²) in [7, 11) is -1.84. The van der Waals surface area contributed by atoms with Gasteiger partial charge in [-0.25, -0.2) is 13.4 Å². The topological polar surface area (TPSA) is 81.2 Å². The highest BCUT2D eigenvalue weighted by Gasteiger charge is 2.41. The van der Waals surface area contributed by atoms with Crippen LogP contribution in [0.25, 0.3) is 0 Å². The van der Waals surface area contributed by atoms with Gasteiger partial charge in [-0.3, -0.25) is 0 Å². The van der Waals surface area contributed by atoms with Crippen molar-refractivity contribution in [1.29, 1.82) is 0 Å². The van der Waals surface area contributed by atoms with Gasteiger partial charge < -0.3 is 10.3 Å². The van der Waals surface area contributed by atoms with E-state index in [0.717, 1.165) is 6.42 Å². The number of rotatable bonds is 8. The van der Waals surface area contributed by atoms with Crippen molar-refractivity contribution >= 4 is 10.0 Å². The summed E-state index contributed by atoms with van der Waals surface area (Å²) >= 11 is 0. The van der Waals surface area contributed by atoms with Gasteiger partial charge in [-0.15, -0.1) is 0 Å². The van der Waals surface area contributed by atoms with Crippen LogP contribution >= 0.6 is 0 Å². The van der Waals surface area contributed by atoms with Crippen LogP contribution < -0.4 is 5.73 Å². The van der Waals surface area contributed by atoms with Crippen molar-refractivity contribution in [3.05, 3.63) is 12.0 Å². The molecular weight excluding hydrogens is 288 g/mol. The molecule has 0 unspecified atom stereocenters. The summed E-state index contributed by atoms with van der Waals surface area (Å²) in [5.41, 5.74) is 5.40. The van der Waals surface area contributed by atoms with E-state index in [0.29, 0.717) is 31.8 Å². The predicted octanol–water partition coefficient (Wildman–Crippen LogP) is 1.65. The number of sulfonamides is 1. The van der Waals surface area contributed by atoms with Crippen molar-refractivity contribution in [2.24, 2.45) is 12.8 Å². The zero-order valence-electron chi connectivity index (χ0n) is 13.8. The number of hydrogen-bond donors (Lipinski definition) is 1. The molecule has 0 saturated heterocycles. The van der Waals surface area contributed by atoms with E-state index in [9.17, 15) is 8.42 Å². The Morgan fingerprint density at radius 1 is 1.33 bits per heavy atom. The first-order valence-electron chi connectivity index (χ1n) is 7.52. The van der Waals surface area contributed by atoms with Crippen LogP contribution in [-0.2, 0) is 17.1 Å². The van der Waals surface area contributed by atoms with Crippen LogP contribution in [0.5, 0.6) is 0 Å². The van der Waals surface area contributed by atoms with Crippen LogP contribution in [0.4, 0.5) is 0 Å². The minimum atomic E-state index is -3.64. The van der Waals surface area contributed by atoms with Gasteiger partial charge in [0.2, 0.25) is 0 Å². The molecule has 0 aliphatic heterocycles. The average Bonchev–Trinajstić information content (AvgIpc) is 2.80. The monoisotopic (exact) mass is 316 g/mol. The van der Waals surface area contributed by atoms with E-state index >= 15 is 0 Å². The number of nitrogens with two attached hydrogens (primary N) is 1. The van der Waals surface area contributed by atoms with Crippen molar-refractivity contribution in [3.63, 3.8) is 0 Å². The van der Waals surface area contributed by atoms with Crippen molar-refractivity contribution in [2.45, 2.75) is 57.5 Å². The molecule has 0 amide bonds. The van der Waals surface area contributed by atoms with Crippen LogP contribution in [0, 0.1) is 6.92 Å². The van der Waals surface area contributed by atoms with E-state index in [1.54, 1.807) is 29.0 Å². The third-order valence-electron chi connectivity index (χ3n) is 4.29. The molecule has 0 radical (unpaired) electrons. The third-order valence-corrected chi connectivity index (χ3v) is 6.17. The molecule has 2 N–H and O–H groups in total. The molecule has 7 heteroatoms. The fraction of sp³-hybridized carbons (Fsp3) is 0.786. The van der Waals surface area contributed by atoms with Crippen molar-refractivity contribution < 1.29 is 8.42 Å². The van der Waals surface area contributed by atoms with Gasteiger partial charge in [-0.1, -0.05) is 20.8 Å². The van der Waals surface area contributed by atoms with Crippen LogP contribution in [0.2, 0.25) is 0 Å². The molecule has 0 saturated carbocycles. The molecular formula is C14H28N4O2S. The van der Waals surface area contributed by atoms with E-state index in [4.69, 9.17) is 5.73 Å². The Labute approximate surface area is 128 Å². The summed E-state index contributed by atoms with van der Waals surface area (Å²) in [4.78, 5) is 4.19. The SMILES string of the molecule is CCCN(C(CC)(CC)CN)S(=O)(=O)c1cn(C)c(C)n1. The lowest BCUT2D eigenvalue weighted by Gasteiger charge is -2.40. The van der Waals surface area contributed by atoms with Gasteiger partial charge in [-0.2, -0.15) is 4.31 Å². The third kappa shape index (κ3) is 3.30. The molecule has 0 aliphatic carbocycles. The maximum Gasteiger partial charge on any atom is 0.262 e. The largest absolute Gasteiger partial charge is 0.337 e. The number of imidazole rings is 1. The fourth-order valence-corrected chi connectivity index (χ4v) is 4.60. The zero-order chi connectivity index (χ0) is 16.3. The molecule has 0 aromatic carbocycles. The first-order valence-corrected chi connectivity index (χ1v) is 8.96. The van der Waals surface area contributed by atoms with Crippen molar-refractivity contribution in [2.75, 3.05) is 13.1 Å². The number of hydrogen-bond acceptors (Lipinski definition) is 4. The lowest BCUT2D eigenvalue weighted by atomic mass is 9.93. The Bertz CT molecular complexity index is 534. The number of nitrogens with zero attached hydrogens (tertiary/aromatic N) is 3. The molecule has 6 nitrogen and oxygen atoms in total. The van der Waals surface area contributed by atoms with Gasteiger partial charge >= 0.3 is 0 Å². The zero-order valence-corrected chi connectivity index (χ0v) is 14.6. The number of aryl methyl sites for hydroxylation is 2. The Kier molecular flexibility index (Phi) is 5.95. The van der Waals surface area contributed by atoms with Gasteiger partial charge in [0, 0.05) is 31.9 Å². The summed E-state index contributed by atoms with van der Waals surface area (Å²) in [6.45, 7) is 8.50. The molecule has 122 valence electrons. The van der Waals surface area contributed by atoms with Crippen molar-refractivity contribution in [1.82, 2.24) is 13.9 Å². The van der Waals surface area contributed by atoms with Crippen LogP contribution in [0.15, 0.2) is 11.2 Å². The maximum absolute atomic E-state index is 13.0. The second kappa shape index (κ2) is 6.89. The molecule has 1 aromatic heterocycles. The second-order valence-corrected chi connectivity index (χ2v) is 7.26. The van der Waals surface area contributed by atoms with E-state index in [1.807, 2.05) is 20.8 Å². The minimum Gasteiger partial charge on any atom is -0.337 e. The standard InChI is InChI=1S/C14H28N4O2S/c1-6-9-18(14(7-2,8-3)11-15)21(19,20)13-10-17(5)12(4)16-13/h10H,6-9,11,15H2,1-5H3. The van der Waals surface area contributed by atoms with E-state index in [-0.39, 0.29) is 5.03 Å². The Morgan fingerprint density at radius 2 is 1.90 bits per heavy atom. The fourth-order valence-electron chi connectivity index (χ4n) is 2.57. The Balaban J connectivity index is 3.38. The van der Waals surface area contributed by atoms with Gasteiger partial charge in [0.05, 0.1) is 0 Å². The highest BCUT2D eigenvalue weighted by atomic mass is 32.2. The van der Waals surface area contributed by atoms with Gasteiger partial charge in [0.1, 0.15) is 5.82 Å². The Morgan fingerprint density at radius 3 is 2.24 bits per heavy atom. The highest BCUT2D eigenvalue weighted by molar-refractivity contribution is 7.89. The molecule has 0 spiro atoms.